The molecule has 0 saturated heterocycles. The first-order chi connectivity index (χ1) is 8.18. The van der Waals surface area contributed by atoms with Crippen molar-refractivity contribution in [1.82, 2.24) is 4.90 Å². The van der Waals surface area contributed by atoms with Gasteiger partial charge in [-0.15, -0.1) is 0 Å². The lowest BCUT2D eigenvalue weighted by molar-refractivity contribution is 0.371. The van der Waals surface area contributed by atoms with Crippen molar-refractivity contribution >= 4 is 5.84 Å². The van der Waals surface area contributed by atoms with Crippen LogP contribution in [0.25, 0.3) is 0 Å². The fourth-order valence-electron chi connectivity index (χ4n) is 2.02. The Labute approximate surface area is 104 Å². The fraction of sp³-hybridized carbons (Fsp3) is 0.533. The van der Waals surface area contributed by atoms with E-state index in [0.717, 1.165) is 12.1 Å². The van der Waals surface area contributed by atoms with Crippen LogP contribution in [0.3, 0.4) is 0 Å². The summed E-state index contributed by atoms with van der Waals surface area (Å²) in [6.07, 6.45) is 3.69. The highest BCUT2D eigenvalue weighted by Gasteiger charge is 2.30. The van der Waals surface area contributed by atoms with Crippen LogP contribution in [0.4, 0.5) is 0 Å². The molecule has 0 aliphatic heterocycles. The highest BCUT2D eigenvalue weighted by Crippen LogP contribution is 2.28. The summed E-state index contributed by atoms with van der Waals surface area (Å²) in [5.41, 5.74) is 1.04. The van der Waals surface area contributed by atoms with Gasteiger partial charge in [-0.2, -0.15) is 0 Å². The third kappa shape index (κ3) is 3.32. The molecule has 0 heterocycles. The van der Waals surface area contributed by atoms with Crippen LogP contribution in [-0.4, -0.2) is 23.3 Å². The first kappa shape index (κ1) is 12.2. The van der Waals surface area contributed by atoms with E-state index in [4.69, 9.17) is 5.41 Å². The summed E-state index contributed by atoms with van der Waals surface area (Å²) in [7, 11) is 0. The number of nitrogens with zero attached hydrogens (tertiary/aromatic N) is 1. The molecule has 1 saturated carbocycles. The molecule has 0 bridgehead atoms. The van der Waals surface area contributed by atoms with E-state index in [9.17, 15) is 0 Å². The average molecular weight is 230 g/mol. The molecule has 0 atom stereocenters. The number of hydrogen-bond acceptors (Lipinski definition) is 1. The molecule has 2 heteroatoms. The number of hydrogen-bond donors (Lipinski definition) is 1. The Kier molecular flexibility index (Phi) is 3.82. The Hall–Kier alpha value is -1.31. The standard InChI is InChI=1S/C15H22N2/c1-12(2)10-11-17(14-8-9-14)15(16)13-6-4-3-5-7-13/h3-7,12,14,16H,8-11H2,1-2H3. The zero-order valence-electron chi connectivity index (χ0n) is 10.8. The molecular formula is C15H22N2. The van der Waals surface area contributed by atoms with Crippen molar-refractivity contribution in [3.05, 3.63) is 35.9 Å². The van der Waals surface area contributed by atoms with E-state index in [2.05, 4.69) is 18.7 Å². The molecule has 1 aliphatic rings. The minimum Gasteiger partial charge on any atom is -0.354 e. The van der Waals surface area contributed by atoms with Crippen molar-refractivity contribution in [2.24, 2.45) is 5.92 Å². The average Bonchev–Trinajstić information content (AvgIpc) is 3.14. The lowest BCUT2D eigenvalue weighted by Gasteiger charge is -2.26. The first-order valence-corrected chi connectivity index (χ1v) is 6.59. The van der Waals surface area contributed by atoms with E-state index < -0.39 is 0 Å². The van der Waals surface area contributed by atoms with E-state index in [1.165, 1.54) is 19.3 Å². The Morgan fingerprint density at radius 1 is 1.29 bits per heavy atom. The molecule has 92 valence electrons. The predicted octanol–water partition coefficient (Wildman–Crippen LogP) is 3.52. The van der Waals surface area contributed by atoms with Crippen LogP contribution in [0, 0.1) is 11.3 Å². The lowest BCUT2D eigenvalue weighted by Crippen LogP contribution is -2.34. The van der Waals surface area contributed by atoms with E-state index in [1.54, 1.807) is 0 Å². The van der Waals surface area contributed by atoms with Gasteiger partial charge in [0.1, 0.15) is 5.84 Å². The van der Waals surface area contributed by atoms with Gasteiger partial charge in [0.2, 0.25) is 0 Å². The minimum absolute atomic E-state index is 0.626. The Balaban J connectivity index is 2.03. The van der Waals surface area contributed by atoms with Gasteiger partial charge >= 0.3 is 0 Å². The van der Waals surface area contributed by atoms with Crippen LogP contribution in [0.2, 0.25) is 0 Å². The molecule has 1 fully saturated rings. The summed E-state index contributed by atoms with van der Waals surface area (Å²) >= 11 is 0. The van der Waals surface area contributed by atoms with E-state index in [-0.39, 0.29) is 0 Å². The van der Waals surface area contributed by atoms with Crippen molar-refractivity contribution < 1.29 is 0 Å². The maximum absolute atomic E-state index is 8.33. The maximum Gasteiger partial charge on any atom is 0.128 e. The topological polar surface area (TPSA) is 27.1 Å². The van der Waals surface area contributed by atoms with Gasteiger partial charge in [0.25, 0.3) is 0 Å². The van der Waals surface area contributed by atoms with Crippen molar-refractivity contribution in [3.63, 3.8) is 0 Å². The zero-order chi connectivity index (χ0) is 12.3. The van der Waals surface area contributed by atoms with Crippen LogP contribution in [0.15, 0.2) is 30.3 Å². The van der Waals surface area contributed by atoms with Crippen LogP contribution in [0.1, 0.15) is 38.7 Å². The van der Waals surface area contributed by atoms with Gasteiger partial charge in [-0.05, 0) is 25.2 Å². The Bertz CT molecular complexity index is 366. The van der Waals surface area contributed by atoms with E-state index in [0.29, 0.717) is 17.8 Å². The monoisotopic (exact) mass is 230 g/mol. The minimum atomic E-state index is 0.626. The number of rotatable bonds is 5. The smallest absolute Gasteiger partial charge is 0.128 e. The molecule has 2 rings (SSSR count). The summed E-state index contributed by atoms with van der Waals surface area (Å²) < 4.78 is 0. The Morgan fingerprint density at radius 2 is 1.94 bits per heavy atom. The first-order valence-electron chi connectivity index (χ1n) is 6.59. The van der Waals surface area contributed by atoms with Crippen LogP contribution in [0.5, 0.6) is 0 Å². The van der Waals surface area contributed by atoms with Crippen molar-refractivity contribution in [2.45, 2.75) is 39.2 Å². The number of amidine groups is 1. The molecular weight excluding hydrogens is 208 g/mol. The second-order valence-corrected chi connectivity index (χ2v) is 5.32. The summed E-state index contributed by atoms with van der Waals surface area (Å²) in [5, 5.41) is 8.33. The third-order valence-corrected chi connectivity index (χ3v) is 3.27. The molecule has 1 aliphatic carbocycles. The number of benzene rings is 1. The summed E-state index contributed by atoms with van der Waals surface area (Å²) in [6.45, 7) is 5.52. The van der Waals surface area contributed by atoms with E-state index in [1.807, 2.05) is 30.3 Å². The van der Waals surface area contributed by atoms with Gasteiger partial charge in [-0.25, -0.2) is 0 Å². The summed E-state index contributed by atoms with van der Waals surface area (Å²) in [6, 6.07) is 10.7. The lowest BCUT2D eigenvalue weighted by atomic mass is 10.1. The second-order valence-electron chi connectivity index (χ2n) is 5.32. The van der Waals surface area contributed by atoms with Crippen LogP contribution < -0.4 is 0 Å². The predicted molar refractivity (Wildman–Crippen MR) is 72.5 cm³/mol. The molecule has 0 amide bonds. The Morgan fingerprint density at radius 3 is 2.47 bits per heavy atom. The van der Waals surface area contributed by atoms with E-state index >= 15 is 0 Å². The van der Waals surface area contributed by atoms with Gasteiger partial charge in [0.15, 0.2) is 0 Å². The molecule has 0 radical (unpaired) electrons. The summed E-state index contributed by atoms with van der Waals surface area (Å²) in [5.74, 6) is 1.41. The quantitative estimate of drug-likeness (QED) is 0.608. The summed E-state index contributed by atoms with van der Waals surface area (Å²) in [4.78, 5) is 2.29. The van der Waals surface area contributed by atoms with Gasteiger partial charge in [-0.1, -0.05) is 44.2 Å². The molecule has 1 N–H and O–H groups in total. The zero-order valence-corrected chi connectivity index (χ0v) is 10.8. The largest absolute Gasteiger partial charge is 0.354 e. The molecule has 17 heavy (non-hydrogen) atoms. The molecule has 1 aromatic carbocycles. The normalized spacial score (nSPS) is 15.0. The fourth-order valence-corrected chi connectivity index (χ4v) is 2.02. The van der Waals surface area contributed by atoms with Crippen LogP contribution in [-0.2, 0) is 0 Å². The van der Waals surface area contributed by atoms with Crippen LogP contribution >= 0.6 is 0 Å². The highest BCUT2D eigenvalue weighted by molar-refractivity contribution is 5.96. The molecule has 0 unspecified atom stereocenters. The highest BCUT2D eigenvalue weighted by atomic mass is 15.2. The maximum atomic E-state index is 8.33. The SMILES string of the molecule is CC(C)CCN(C(=N)c1ccccc1)C1CC1. The van der Waals surface area contributed by atoms with Gasteiger partial charge in [-0.3, -0.25) is 5.41 Å². The van der Waals surface area contributed by atoms with Crippen molar-refractivity contribution in [3.8, 4) is 0 Å². The van der Waals surface area contributed by atoms with Gasteiger partial charge < -0.3 is 4.90 Å². The molecule has 0 spiro atoms. The molecule has 1 aromatic rings. The second kappa shape index (κ2) is 5.35. The van der Waals surface area contributed by atoms with Gasteiger partial charge in [0.05, 0.1) is 0 Å². The molecule has 0 aromatic heterocycles. The van der Waals surface area contributed by atoms with Gasteiger partial charge in [0, 0.05) is 18.2 Å². The number of nitrogens with one attached hydrogen (secondary N) is 1. The van der Waals surface area contributed by atoms with Crippen molar-refractivity contribution in [2.75, 3.05) is 6.54 Å². The van der Waals surface area contributed by atoms with Crippen molar-refractivity contribution in [1.29, 1.82) is 5.41 Å². The third-order valence-electron chi connectivity index (χ3n) is 3.27. The molecule has 2 nitrogen and oxygen atoms in total.